The molecule has 0 saturated heterocycles. The molecule has 1 unspecified atom stereocenters. The zero-order valence-electron chi connectivity index (χ0n) is 15.3. The molecule has 0 aliphatic rings. The van der Waals surface area contributed by atoms with E-state index in [0.29, 0.717) is 6.61 Å². The third-order valence-electron chi connectivity index (χ3n) is 4.98. The Morgan fingerprint density at radius 2 is 1.23 bits per heavy atom. The topological polar surface area (TPSA) is 26.3 Å². The second-order valence-electron chi connectivity index (χ2n) is 6.53. The highest BCUT2D eigenvalue weighted by Gasteiger charge is 2.46. The fourth-order valence-electron chi connectivity index (χ4n) is 3.64. The molecule has 132 valence electrons. The van der Waals surface area contributed by atoms with E-state index in [1.807, 2.05) is 49.4 Å². The summed E-state index contributed by atoms with van der Waals surface area (Å²) < 4.78 is 5.54. The number of ether oxygens (including phenoxy) is 1. The first-order valence-electron chi connectivity index (χ1n) is 9.00. The van der Waals surface area contributed by atoms with Crippen LogP contribution in [-0.2, 0) is 9.53 Å². The highest BCUT2D eigenvalue weighted by Crippen LogP contribution is 2.29. The van der Waals surface area contributed by atoms with Crippen LogP contribution in [0.3, 0.4) is 0 Å². The van der Waals surface area contributed by atoms with E-state index in [-0.39, 0.29) is 11.5 Å². The van der Waals surface area contributed by atoms with Crippen molar-refractivity contribution in [1.29, 1.82) is 0 Å². The van der Waals surface area contributed by atoms with E-state index in [0.717, 1.165) is 5.56 Å². The molecule has 0 bridgehead atoms. The summed E-state index contributed by atoms with van der Waals surface area (Å²) in [5.41, 5.74) is 0.723. The fourth-order valence-corrected chi connectivity index (χ4v) is 7.83. The van der Waals surface area contributed by atoms with Crippen molar-refractivity contribution in [3.8, 4) is 0 Å². The number of hydrogen-bond donors (Lipinski definition) is 0. The molecule has 0 fully saturated rings. The van der Waals surface area contributed by atoms with E-state index in [4.69, 9.17) is 4.74 Å². The van der Waals surface area contributed by atoms with Crippen LogP contribution in [0.25, 0.3) is 0 Å². The lowest BCUT2D eigenvalue weighted by Crippen LogP contribution is -2.62. The zero-order chi connectivity index (χ0) is 18.4. The molecule has 0 amide bonds. The minimum atomic E-state index is -2.45. The Morgan fingerprint density at radius 1 is 0.808 bits per heavy atom. The average molecular weight is 361 g/mol. The standard InChI is InChI=1S/C23H24O2Si/c1-3-25-23(24)22(19-13-7-4-8-14-19)26(2,20-15-9-5-10-16-20)21-17-11-6-12-18-21/h4-18,22H,3H2,1-2H3. The molecule has 0 heterocycles. The Bertz CT molecular complexity index is 792. The summed E-state index contributed by atoms with van der Waals surface area (Å²) in [6.45, 7) is 4.52. The summed E-state index contributed by atoms with van der Waals surface area (Å²) in [7, 11) is -2.45. The molecule has 3 aromatic carbocycles. The van der Waals surface area contributed by atoms with Crippen molar-refractivity contribution in [3.63, 3.8) is 0 Å². The van der Waals surface area contributed by atoms with Gasteiger partial charge in [0, 0.05) is 0 Å². The van der Waals surface area contributed by atoms with Crippen LogP contribution in [0.15, 0.2) is 91.0 Å². The third-order valence-corrected chi connectivity index (χ3v) is 9.77. The molecule has 3 heteroatoms. The molecule has 0 saturated carbocycles. The van der Waals surface area contributed by atoms with E-state index in [1.165, 1.54) is 10.4 Å². The molecule has 0 aliphatic carbocycles. The van der Waals surface area contributed by atoms with Gasteiger partial charge < -0.3 is 4.74 Å². The van der Waals surface area contributed by atoms with E-state index < -0.39 is 8.07 Å². The molecule has 0 radical (unpaired) electrons. The van der Waals surface area contributed by atoms with Crippen molar-refractivity contribution in [3.05, 3.63) is 96.6 Å². The Balaban J connectivity index is 2.25. The van der Waals surface area contributed by atoms with Gasteiger partial charge in [-0.3, -0.25) is 4.79 Å². The summed E-state index contributed by atoms with van der Waals surface area (Å²) in [6, 6.07) is 30.9. The van der Waals surface area contributed by atoms with Crippen LogP contribution in [0.2, 0.25) is 6.55 Å². The molecule has 2 nitrogen and oxygen atoms in total. The monoisotopic (exact) mass is 360 g/mol. The second kappa shape index (κ2) is 8.15. The summed E-state index contributed by atoms with van der Waals surface area (Å²) >= 11 is 0. The van der Waals surface area contributed by atoms with Gasteiger partial charge in [0.25, 0.3) is 0 Å². The van der Waals surface area contributed by atoms with Gasteiger partial charge in [-0.1, -0.05) is 108 Å². The average Bonchev–Trinajstić information content (AvgIpc) is 2.70. The Hall–Kier alpha value is -2.65. The van der Waals surface area contributed by atoms with Crippen molar-refractivity contribution in [2.24, 2.45) is 0 Å². The van der Waals surface area contributed by atoms with Crippen molar-refractivity contribution in [2.75, 3.05) is 6.61 Å². The van der Waals surface area contributed by atoms with Gasteiger partial charge in [0.2, 0.25) is 0 Å². The van der Waals surface area contributed by atoms with Crippen molar-refractivity contribution in [2.45, 2.75) is 19.0 Å². The van der Waals surface area contributed by atoms with Gasteiger partial charge in [-0.05, 0) is 12.5 Å². The molecule has 0 aliphatic heterocycles. The molecule has 3 aromatic rings. The highest BCUT2D eigenvalue weighted by molar-refractivity contribution is 7.04. The van der Waals surface area contributed by atoms with Crippen LogP contribution in [-0.4, -0.2) is 20.7 Å². The summed E-state index contributed by atoms with van der Waals surface area (Å²) in [6.07, 6.45) is 0. The maximum atomic E-state index is 13.1. The van der Waals surface area contributed by atoms with Gasteiger partial charge in [-0.25, -0.2) is 0 Å². The third kappa shape index (κ3) is 3.49. The number of rotatable bonds is 6. The van der Waals surface area contributed by atoms with Gasteiger partial charge in [0.1, 0.15) is 8.07 Å². The van der Waals surface area contributed by atoms with Crippen LogP contribution >= 0.6 is 0 Å². The van der Waals surface area contributed by atoms with Crippen LogP contribution < -0.4 is 10.4 Å². The van der Waals surface area contributed by atoms with Gasteiger partial charge >= 0.3 is 5.97 Å². The molecular weight excluding hydrogens is 336 g/mol. The van der Waals surface area contributed by atoms with Crippen LogP contribution in [0, 0.1) is 0 Å². The van der Waals surface area contributed by atoms with Gasteiger partial charge in [-0.15, -0.1) is 0 Å². The first kappa shape index (κ1) is 18.1. The number of hydrogen-bond acceptors (Lipinski definition) is 2. The predicted octanol–water partition coefficient (Wildman–Crippen LogP) is 3.77. The van der Waals surface area contributed by atoms with E-state index in [2.05, 4.69) is 55.1 Å². The zero-order valence-corrected chi connectivity index (χ0v) is 16.3. The van der Waals surface area contributed by atoms with E-state index in [1.54, 1.807) is 0 Å². The maximum Gasteiger partial charge on any atom is 0.311 e. The SMILES string of the molecule is CCOC(=O)C(c1ccccc1)[Si](C)(c1ccccc1)c1ccccc1. The largest absolute Gasteiger partial charge is 0.466 e. The van der Waals surface area contributed by atoms with Gasteiger partial charge in [0.05, 0.1) is 12.1 Å². The van der Waals surface area contributed by atoms with Gasteiger partial charge in [-0.2, -0.15) is 0 Å². The predicted molar refractivity (Wildman–Crippen MR) is 110 cm³/mol. The van der Waals surface area contributed by atoms with E-state index >= 15 is 0 Å². The second-order valence-corrected chi connectivity index (χ2v) is 10.7. The molecule has 3 rings (SSSR count). The summed E-state index contributed by atoms with van der Waals surface area (Å²) in [5.74, 6) is -0.138. The maximum absolute atomic E-state index is 13.1. The van der Waals surface area contributed by atoms with E-state index in [9.17, 15) is 4.79 Å². The van der Waals surface area contributed by atoms with Crippen molar-refractivity contribution < 1.29 is 9.53 Å². The molecule has 1 atom stereocenters. The smallest absolute Gasteiger partial charge is 0.311 e. The molecule has 0 N–H and O–H groups in total. The first-order chi connectivity index (χ1) is 12.7. The molecule has 0 aromatic heterocycles. The number of carbonyl (C=O) groups is 1. The van der Waals surface area contributed by atoms with Crippen LogP contribution in [0.1, 0.15) is 18.0 Å². The molecule has 26 heavy (non-hydrogen) atoms. The summed E-state index contributed by atoms with van der Waals surface area (Å²) in [5, 5.41) is 2.46. The first-order valence-corrected chi connectivity index (χ1v) is 11.6. The molecule has 0 spiro atoms. The molecular formula is C23H24O2Si. The van der Waals surface area contributed by atoms with Gasteiger partial charge in [0.15, 0.2) is 0 Å². The minimum Gasteiger partial charge on any atom is -0.466 e. The number of carbonyl (C=O) groups excluding carboxylic acids is 1. The summed E-state index contributed by atoms with van der Waals surface area (Å²) in [4.78, 5) is 13.1. The lowest BCUT2D eigenvalue weighted by atomic mass is 10.1. The van der Waals surface area contributed by atoms with Crippen molar-refractivity contribution >= 4 is 24.4 Å². The lowest BCUT2D eigenvalue weighted by molar-refractivity contribution is -0.143. The quantitative estimate of drug-likeness (QED) is 0.494. The van der Waals surface area contributed by atoms with Crippen LogP contribution in [0.5, 0.6) is 0 Å². The Kier molecular flexibility index (Phi) is 5.69. The highest BCUT2D eigenvalue weighted by atomic mass is 28.3. The fraction of sp³-hybridized carbons (Fsp3) is 0.174. The number of benzene rings is 3. The normalized spacial score (nSPS) is 12.4. The van der Waals surface area contributed by atoms with Crippen LogP contribution in [0.4, 0.5) is 0 Å². The lowest BCUT2D eigenvalue weighted by Gasteiger charge is -2.35. The van der Waals surface area contributed by atoms with Crippen molar-refractivity contribution in [1.82, 2.24) is 0 Å². The Morgan fingerprint density at radius 3 is 1.65 bits per heavy atom. The Labute approximate surface area is 156 Å². The minimum absolute atomic E-state index is 0.138. The number of esters is 1.